The number of esters is 1. The number of imide groups is 1. The number of nitrogens with two attached hydrogens (primary N) is 1. The van der Waals surface area contributed by atoms with Crippen LogP contribution in [0.5, 0.6) is 0 Å². The largest absolute Gasteiger partial charge is 0.461 e. The molecule has 0 saturated heterocycles. The molecule has 0 radical (unpaired) electrons. The lowest BCUT2D eigenvalue weighted by Crippen LogP contribution is -2.54. The van der Waals surface area contributed by atoms with Crippen LogP contribution in [0.15, 0.2) is 36.4 Å². The van der Waals surface area contributed by atoms with Gasteiger partial charge in [0.2, 0.25) is 17.7 Å². The molecule has 1 aliphatic heterocycles. The second kappa shape index (κ2) is 18.0. The highest BCUT2D eigenvalue weighted by Gasteiger charge is 2.29. The van der Waals surface area contributed by atoms with Crippen LogP contribution in [0.3, 0.4) is 0 Å². The number of hydrogen-bond donors (Lipinski definition) is 5. The van der Waals surface area contributed by atoms with Crippen molar-refractivity contribution in [2.45, 2.75) is 78.0 Å². The van der Waals surface area contributed by atoms with Crippen LogP contribution in [-0.4, -0.2) is 71.6 Å². The van der Waals surface area contributed by atoms with Crippen molar-refractivity contribution in [3.63, 3.8) is 0 Å². The number of urea groups is 1. The van der Waals surface area contributed by atoms with Crippen LogP contribution in [0.1, 0.15) is 64.9 Å². The van der Waals surface area contributed by atoms with E-state index < -0.39 is 35.9 Å². The zero-order valence-corrected chi connectivity index (χ0v) is 25.4. The first kappa shape index (κ1) is 35.4. The topological polar surface area (TPSA) is 206 Å². The lowest BCUT2D eigenvalue weighted by molar-refractivity contribution is -0.142. The summed E-state index contributed by atoms with van der Waals surface area (Å²) in [6.07, 6.45) is 4.78. The van der Waals surface area contributed by atoms with Gasteiger partial charge >= 0.3 is 12.0 Å². The Morgan fingerprint density at radius 1 is 0.886 bits per heavy atom. The molecule has 14 heteroatoms. The van der Waals surface area contributed by atoms with Crippen molar-refractivity contribution in [2.75, 3.05) is 18.4 Å². The molecule has 1 aliphatic rings. The van der Waals surface area contributed by atoms with E-state index in [1.54, 1.807) is 38.1 Å². The van der Waals surface area contributed by atoms with Gasteiger partial charge in [-0.25, -0.2) is 4.79 Å². The Labute approximate surface area is 256 Å². The van der Waals surface area contributed by atoms with Crippen molar-refractivity contribution in [1.29, 1.82) is 0 Å². The number of ether oxygens (including phenoxy) is 1. The summed E-state index contributed by atoms with van der Waals surface area (Å²) < 4.78 is 4.96. The highest BCUT2D eigenvalue weighted by molar-refractivity contribution is 6.12. The number of benzene rings is 1. The summed E-state index contributed by atoms with van der Waals surface area (Å²) in [5.74, 6) is -2.76. The predicted molar refractivity (Wildman–Crippen MR) is 160 cm³/mol. The maximum absolute atomic E-state index is 13.3. The number of carbonyl (C=O) groups excluding carboxylic acids is 7. The van der Waals surface area contributed by atoms with Crippen LogP contribution in [0.25, 0.3) is 0 Å². The van der Waals surface area contributed by atoms with Crippen molar-refractivity contribution in [1.82, 2.24) is 20.9 Å². The van der Waals surface area contributed by atoms with Gasteiger partial charge in [-0.15, -0.1) is 0 Å². The minimum atomic E-state index is -0.985. The van der Waals surface area contributed by atoms with Crippen molar-refractivity contribution in [2.24, 2.45) is 11.7 Å². The maximum Gasteiger partial charge on any atom is 0.312 e. The molecule has 0 saturated carbocycles. The molecule has 1 heterocycles. The second-order valence-corrected chi connectivity index (χ2v) is 10.7. The van der Waals surface area contributed by atoms with Gasteiger partial charge in [-0.3, -0.25) is 33.7 Å². The van der Waals surface area contributed by atoms with E-state index in [9.17, 15) is 33.6 Å². The molecular weight excluding hydrogens is 572 g/mol. The van der Waals surface area contributed by atoms with E-state index in [1.807, 2.05) is 0 Å². The summed E-state index contributed by atoms with van der Waals surface area (Å²) in [5.41, 5.74) is 6.30. The Balaban J connectivity index is 1.94. The van der Waals surface area contributed by atoms with Crippen LogP contribution in [0, 0.1) is 5.92 Å². The molecule has 44 heavy (non-hydrogen) atoms. The second-order valence-electron chi connectivity index (χ2n) is 10.7. The number of rotatable bonds is 18. The molecule has 0 spiro atoms. The fourth-order valence-corrected chi connectivity index (χ4v) is 4.31. The maximum atomic E-state index is 13.3. The SMILES string of the molecule is CC(=O)OCc1ccc(NC(=O)[C@H](CCCNC(N)=O)NC(=O)[C@@H](NC(=O)CCCCCN2C(=O)C=CC2=O)C(C)C)cc1. The third kappa shape index (κ3) is 12.6. The molecular formula is C30H42N6O8. The number of anilines is 1. The zero-order valence-electron chi connectivity index (χ0n) is 25.4. The Morgan fingerprint density at radius 3 is 2.14 bits per heavy atom. The summed E-state index contributed by atoms with van der Waals surface area (Å²) >= 11 is 0. The molecule has 2 atom stereocenters. The van der Waals surface area contributed by atoms with Gasteiger partial charge < -0.3 is 31.7 Å². The molecule has 0 unspecified atom stereocenters. The van der Waals surface area contributed by atoms with E-state index in [0.717, 1.165) is 10.5 Å². The molecule has 6 N–H and O–H groups in total. The quantitative estimate of drug-likeness (QED) is 0.0922. The average Bonchev–Trinajstić information content (AvgIpc) is 3.28. The molecule has 1 aromatic carbocycles. The third-order valence-electron chi connectivity index (χ3n) is 6.72. The normalized spacial score (nSPS) is 13.8. The van der Waals surface area contributed by atoms with E-state index in [-0.39, 0.29) is 56.2 Å². The third-order valence-corrected chi connectivity index (χ3v) is 6.72. The van der Waals surface area contributed by atoms with Gasteiger partial charge in [0.05, 0.1) is 0 Å². The first-order valence-electron chi connectivity index (χ1n) is 14.6. The average molecular weight is 615 g/mol. The minimum absolute atomic E-state index is 0.0930. The van der Waals surface area contributed by atoms with Gasteiger partial charge in [0.15, 0.2) is 0 Å². The van der Waals surface area contributed by atoms with Crippen LogP contribution in [-0.2, 0) is 40.1 Å². The summed E-state index contributed by atoms with van der Waals surface area (Å²) in [6.45, 7) is 5.41. The predicted octanol–water partition coefficient (Wildman–Crippen LogP) is 1.25. The van der Waals surface area contributed by atoms with Crippen LogP contribution in [0.2, 0.25) is 0 Å². The molecule has 0 aromatic heterocycles. The number of unbranched alkanes of at least 4 members (excludes halogenated alkanes) is 2. The molecule has 0 fully saturated rings. The Kier molecular flexibility index (Phi) is 14.5. The summed E-state index contributed by atoms with van der Waals surface area (Å²) in [5, 5.41) is 10.7. The van der Waals surface area contributed by atoms with Crippen molar-refractivity contribution in [3.05, 3.63) is 42.0 Å². The van der Waals surface area contributed by atoms with Crippen molar-refractivity contribution < 1.29 is 38.3 Å². The molecule has 0 bridgehead atoms. The zero-order chi connectivity index (χ0) is 32.6. The fraction of sp³-hybridized carbons (Fsp3) is 0.500. The fourth-order valence-electron chi connectivity index (χ4n) is 4.31. The minimum Gasteiger partial charge on any atom is -0.461 e. The first-order valence-corrected chi connectivity index (χ1v) is 14.6. The van der Waals surface area contributed by atoms with E-state index in [2.05, 4.69) is 21.3 Å². The van der Waals surface area contributed by atoms with E-state index >= 15 is 0 Å². The number of nitrogens with one attached hydrogen (secondary N) is 4. The van der Waals surface area contributed by atoms with Crippen molar-refractivity contribution >= 4 is 47.2 Å². The van der Waals surface area contributed by atoms with Crippen LogP contribution in [0.4, 0.5) is 10.5 Å². The molecule has 240 valence electrons. The lowest BCUT2D eigenvalue weighted by Gasteiger charge is -2.25. The number of primary amides is 1. The molecule has 14 nitrogen and oxygen atoms in total. The molecule has 0 aliphatic carbocycles. The highest BCUT2D eigenvalue weighted by Crippen LogP contribution is 2.13. The Morgan fingerprint density at radius 2 is 1.55 bits per heavy atom. The summed E-state index contributed by atoms with van der Waals surface area (Å²) in [7, 11) is 0. The standard InChI is InChI=1S/C30H42N6O8/c1-19(2)27(35-24(38)9-5-4-6-17-36-25(39)14-15-26(36)40)29(42)34-23(8-7-16-32-30(31)43)28(41)33-22-12-10-21(11-13-22)18-44-20(3)37/h10-15,19,23,27H,4-9,16-18H2,1-3H3,(H,33,41)(H,34,42)(H,35,38)(H3,31,32,43)/t23-,27-/m0/s1. The van der Waals surface area contributed by atoms with E-state index in [1.165, 1.54) is 19.1 Å². The van der Waals surface area contributed by atoms with Crippen molar-refractivity contribution in [3.8, 4) is 0 Å². The van der Waals surface area contributed by atoms with Gasteiger partial charge in [0, 0.05) is 44.3 Å². The molecule has 2 rings (SSSR count). The smallest absolute Gasteiger partial charge is 0.312 e. The van der Waals surface area contributed by atoms with Gasteiger partial charge in [-0.1, -0.05) is 32.4 Å². The van der Waals surface area contributed by atoms with E-state index in [4.69, 9.17) is 10.5 Å². The lowest BCUT2D eigenvalue weighted by atomic mass is 10.0. The summed E-state index contributed by atoms with van der Waals surface area (Å²) in [6, 6.07) is 4.06. The Hall–Kier alpha value is -4.75. The van der Waals surface area contributed by atoms with Gasteiger partial charge in [-0.2, -0.15) is 0 Å². The van der Waals surface area contributed by atoms with Gasteiger partial charge in [-0.05, 0) is 49.3 Å². The monoisotopic (exact) mass is 614 g/mol. The van der Waals surface area contributed by atoms with Gasteiger partial charge in [0.1, 0.15) is 18.7 Å². The molecule has 7 amide bonds. The first-order chi connectivity index (χ1) is 20.9. The Bertz CT molecular complexity index is 1210. The number of carbonyl (C=O) groups is 7. The summed E-state index contributed by atoms with van der Waals surface area (Å²) in [4.78, 5) is 85.6. The van der Waals surface area contributed by atoms with Crippen LogP contribution >= 0.6 is 0 Å². The number of nitrogens with zero attached hydrogens (tertiary/aromatic N) is 1. The van der Waals surface area contributed by atoms with Gasteiger partial charge in [0.25, 0.3) is 11.8 Å². The number of hydrogen-bond acceptors (Lipinski definition) is 8. The van der Waals surface area contributed by atoms with Crippen LogP contribution < -0.4 is 27.0 Å². The molecule has 1 aromatic rings. The number of amides is 7. The van der Waals surface area contributed by atoms with E-state index in [0.29, 0.717) is 31.4 Å². The highest BCUT2D eigenvalue weighted by atomic mass is 16.5.